The van der Waals surface area contributed by atoms with E-state index in [4.69, 9.17) is 35.3 Å². The maximum absolute atomic E-state index is 9.72. The minimum absolute atomic E-state index is 0.102. The summed E-state index contributed by atoms with van der Waals surface area (Å²) in [5.74, 6) is 2.73. The Morgan fingerprint density at radius 2 is 1.50 bits per heavy atom. The average Bonchev–Trinajstić information content (AvgIpc) is 3.57. The third-order valence-electron chi connectivity index (χ3n) is 5.06. The molecule has 1 fully saturated rings. The fraction of sp³-hybridized carbons (Fsp3) is 0.478. The van der Waals surface area contributed by atoms with Gasteiger partial charge in [0.25, 0.3) is 0 Å². The number of halogens is 1. The molecule has 1 aliphatic rings. The van der Waals surface area contributed by atoms with Gasteiger partial charge in [0.2, 0.25) is 0 Å². The third kappa shape index (κ3) is 5.72. The highest BCUT2D eigenvalue weighted by Gasteiger charge is 2.24. The highest BCUT2D eigenvalue weighted by atomic mass is 35.5. The first-order valence-electron chi connectivity index (χ1n) is 9.91. The molecule has 0 amide bonds. The standard InChI is InChI=1S/C23H29ClO6/c1-14-5-20(26-3)22(29-11-18(25)10-24)8-16(14)7-17-9-23(30-13-19-12-28-19)21(27-4)6-15(17)2/h5-6,8-9,18-19,25H,7,10-13H2,1-4H3. The number of aryl methyl sites for hydroxylation is 2. The van der Waals surface area contributed by atoms with Gasteiger partial charge >= 0.3 is 0 Å². The number of hydrogen-bond donors (Lipinski definition) is 1. The maximum atomic E-state index is 9.72. The van der Waals surface area contributed by atoms with Gasteiger partial charge in [-0.3, -0.25) is 0 Å². The molecular weight excluding hydrogens is 408 g/mol. The summed E-state index contributed by atoms with van der Waals surface area (Å²) in [6.45, 7) is 5.45. The maximum Gasteiger partial charge on any atom is 0.161 e. The van der Waals surface area contributed by atoms with Gasteiger partial charge in [0, 0.05) is 0 Å². The highest BCUT2D eigenvalue weighted by molar-refractivity contribution is 6.18. The van der Waals surface area contributed by atoms with Crippen LogP contribution in [0.2, 0.25) is 0 Å². The Kier molecular flexibility index (Phi) is 7.69. The number of aliphatic hydroxyl groups excluding tert-OH is 1. The number of hydrogen-bond acceptors (Lipinski definition) is 6. The number of alkyl halides is 1. The molecule has 0 aliphatic carbocycles. The predicted molar refractivity (Wildman–Crippen MR) is 116 cm³/mol. The van der Waals surface area contributed by atoms with E-state index in [0.29, 0.717) is 36.0 Å². The molecular formula is C23H29ClO6. The van der Waals surface area contributed by atoms with Crippen molar-refractivity contribution in [1.82, 2.24) is 0 Å². The minimum atomic E-state index is -0.736. The number of epoxide rings is 1. The molecule has 6 nitrogen and oxygen atoms in total. The van der Waals surface area contributed by atoms with Crippen molar-refractivity contribution in [3.05, 3.63) is 46.5 Å². The van der Waals surface area contributed by atoms with Crippen molar-refractivity contribution in [1.29, 1.82) is 0 Å². The summed E-state index contributed by atoms with van der Waals surface area (Å²) in [5, 5.41) is 9.72. The molecule has 0 saturated carbocycles. The highest BCUT2D eigenvalue weighted by Crippen LogP contribution is 2.35. The van der Waals surface area contributed by atoms with E-state index in [1.54, 1.807) is 14.2 Å². The number of rotatable bonds is 11. The van der Waals surface area contributed by atoms with Crippen LogP contribution in [0.4, 0.5) is 0 Å². The van der Waals surface area contributed by atoms with E-state index in [1.807, 2.05) is 31.2 Å². The number of aliphatic hydroxyl groups is 1. The van der Waals surface area contributed by atoms with Crippen molar-refractivity contribution in [3.8, 4) is 23.0 Å². The lowest BCUT2D eigenvalue weighted by molar-refractivity contribution is 0.123. The molecule has 164 valence electrons. The molecule has 0 spiro atoms. The second-order valence-electron chi connectivity index (χ2n) is 7.42. The molecule has 2 unspecified atom stereocenters. The van der Waals surface area contributed by atoms with Gasteiger partial charge in [-0.25, -0.2) is 0 Å². The monoisotopic (exact) mass is 436 g/mol. The zero-order chi connectivity index (χ0) is 21.7. The lowest BCUT2D eigenvalue weighted by Crippen LogP contribution is -2.19. The van der Waals surface area contributed by atoms with E-state index >= 15 is 0 Å². The largest absolute Gasteiger partial charge is 0.493 e. The first-order chi connectivity index (χ1) is 14.4. The Balaban J connectivity index is 1.85. The van der Waals surface area contributed by atoms with Crippen LogP contribution in [0.25, 0.3) is 0 Å². The van der Waals surface area contributed by atoms with Crippen molar-refractivity contribution in [2.75, 3.05) is 39.9 Å². The van der Waals surface area contributed by atoms with Crippen LogP contribution in [0.3, 0.4) is 0 Å². The van der Waals surface area contributed by atoms with Crippen LogP contribution in [-0.2, 0) is 11.2 Å². The summed E-state index contributed by atoms with van der Waals surface area (Å²) in [7, 11) is 3.24. The molecule has 2 atom stereocenters. The van der Waals surface area contributed by atoms with E-state index in [1.165, 1.54) is 0 Å². The summed E-state index contributed by atoms with van der Waals surface area (Å²) in [5.41, 5.74) is 4.41. The zero-order valence-electron chi connectivity index (χ0n) is 17.9. The summed E-state index contributed by atoms with van der Waals surface area (Å²) in [4.78, 5) is 0. The van der Waals surface area contributed by atoms with Crippen LogP contribution < -0.4 is 18.9 Å². The van der Waals surface area contributed by atoms with Crippen molar-refractivity contribution < 1.29 is 28.8 Å². The van der Waals surface area contributed by atoms with E-state index in [9.17, 15) is 5.11 Å². The van der Waals surface area contributed by atoms with Gasteiger partial charge in [0.05, 0.1) is 26.7 Å². The van der Waals surface area contributed by atoms with Crippen molar-refractivity contribution >= 4 is 11.6 Å². The average molecular weight is 437 g/mol. The molecule has 1 N–H and O–H groups in total. The lowest BCUT2D eigenvalue weighted by Gasteiger charge is -2.18. The quantitative estimate of drug-likeness (QED) is 0.428. The summed E-state index contributed by atoms with van der Waals surface area (Å²) in [6.07, 6.45) is 0.127. The van der Waals surface area contributed by atoms with E-state index in [0.717, 1.165) is 28.9 Å². The Labute approximate surface area is 182 Å². The first-order valence-corrected chi connectivity index (χ1v) is 10.4. The van der Waals surface area contributed by atoms with E-state index in [2.05, 4.69) is 6.92 Å². The Bertz CT molecular complexity index is 865. The Morgan fingerprint density at radius 1 is 0.967 bits per heavy atom. The van der Waals surface area contributed by atoms with Crippen LogP contribution in [0.1, 0.15) is 22.3 Å². The molecule has 3 rings (SSSR count). The number of methoxy groups -OCH3 is 2. The fourth-order valence-electron chi connectivity index (χ4n) is 3.12. The molecule has 0 radical (unpaired) electrons. The number of benzene rings is 2. The molecule has 2 aromatic rings. The van der Waals surface area contributed by atoms with Crippen LogP contribution in [0, 0.1) is 13.8 Å². The molecule has 0 bridgehead atoms. The molecule has 30 heavy (non-hydrogen) atoms. The second kappa shape index (κ2) is 10.2. The van der Waals surface area contributed by atoms with Crippen molar-refractivity contribution in [2.45, 2.75) is 32.5 Å². The van der Waals surface area contributed by atoms with Crippen LogP contribution >= 0.6 is 11.6 Å². The third-order valence-corrected chi connectivity index (χ3v) is 5.42. The molecule has 1 aliphatic heterocycles. The lowest BCUT2D eigenvalue weighted by atomic mass is 9.96. The van der Waals surface area contributed by atoms with Gasteiger partial charge < -0.3 is 28.8 Å². The molecule has 7 heteroatoms. The number of ether oxygens (including phenoxy) is 5. The van der Waals surface area contributed by atoms with Gasteiger partial charge in [-0.1, -0.05) is 0 Å². The van der Waals surface area contributed by atoms with Crippen molar-refractivity contribution in [2.24, 2.45) is 0 Å². The molecule has 2 aromatic carbocycles. The van der Waals surface area contributed by atoms with E-state index in [-0.39, 0.29) is 18.6 Å². The SMILES string of the molecule is COc1cc(C)c(Cc2cc(OCC3CO3)c(OC)cc2C)cc1OCC(O)CCl. The van der Waals surface area contributed by atoms with Crippen LogP contribution in [-0.4, -0.2) is 57.2 Å². The van der Waals surface area contributed by atoms with Crippen LogP contribution in [0.5, 0.6) is 23.0 Å². The van der Waals surface area contributed by atoms with E-state index < -0.39 is 6.10 Å². The summed E-state index contributed by atoms with van der Waals surface area (Å²) in [6, 6.07) is 7.92. The summed E-state index contributed by atoms with van der Waals surface area (Å²) < 4.78 is 27.8. The van der Waals surface area contributed by atoms with Crippen LogP contribution in [0.15, 0.2) is 24.3 Å². The van der Waals surface area contributed by atoms with Gasteiger partial charge in [0.15, 0.2) is 23.0 Å². The molecule has 1 heterocycles. The fourth-order valence-corrected chi connectivity index (χ4v) is 3.20. The first kappa shape index (κ1) is 22.5. The molecule has 1 saturated heterocycles. The van der Waals surface area contributed by atoms with Crippen molar-refractivity contribution in [3.63, 3.8) is 0 Å². The normalized spacial score (nSPS) is 16.1. The zero-order valence-corrected chi connectivity index (χ0v) is 18.6. The van der Waals surface area contributed by atoms with Gasteiger partial charge in [-0.05, 0) is 66.8 Å². The molecule has 0 aromatic heterocycles. The van der Waals surface area contributed by atoms with Gasteiger partial charge in [-0.2, -0.15) is 0 Å². The smallest absolute Gasteiger partial charge is 0.161 e. The Hall–Kier alpha value is -2.15. The minimum Gasteiger partial charge on any atom is -0.493 e. The van der Waals surface area contributed by atoms with Gasteiger partial charge in [-0.15, -0.1) is 11.6 Å². The topological polar surface area (TPSA) is 69.7 Å². The second-order valence-corrected chi connectivity index (χ2v) is 7.73. The van der Waals surface area contributed by atoms with Gasteiger partial charge in [0.1, 0.15) is 25.4 Å². The Morgan fingerprint density at radius 3 is 1.97 bits per heavy atom. The predicted octanol–water partition coefficient (Wildman–Crippen LogP) is 3.67. The summed E-state index contributed by atoms with van der Waals surface area (Å²) >= 11 is 5.67.